The van der Waals surface area contributed by atoms with E-state index in [4.69, 9.17) is 9.47 Å². The standard InChI is InChI=1S/C27H33NO5/c1-5-7-8-16-33-21-12-9-19(10-13-21)24-23(26(30)27(31)28(24)15-6-2)25(29)20-11-14-22(32-4)18(3)17-20/h9-14,17,24,29H,5-8,15-16H2,1-4H3/b25-23-. The molecule has 2 aromatic carbocycles. The zero-order chi connectivity index (χ0) is 24.0. The summed E-state index contributed by atoms with van der Waals surface area (Å²) >= 11 is 0. The van der Waals surface area contributed by atoms with Crippen LogP contribution in [0.5, 0.6) is 11.5 Å². The number of aliphatic hydroxyl groups is 1. The molecule has 6 heteroatoms. The number of Topliss-reactive ketones (excluding diaryl/α,β-unsaturated/α-hetero) is 1. The maximum atomic E-state index is 13.0. The predicted octanol–water partition coefficient (Wildman–Crippen LogP) is 5.40. The summed E-state index contributed by atoms with van der Waals surface area (Å²) in [6.07, 6.45) is 3.94. The van der Waals surface area contributed by atoms with Crippen molar-refractivity contribution in [3.8, 4) is 11.5 Å². The number of amides is 1. The Labute approximate surface area is 195 Å². The van der Waals surface area contributed by atoms with Gasteiger partial charge in [-0.05, 0) is 61.2 Å². The van der Waals surface area contributed by atoms with E-state index in [1.54, 1.807) is 30.2 Å². The molecule has 1 aliphatic rings. The van der Waals surface area contributed by atoms with Gasteiger partial charge < -0.3 is 19.5 Å². The first-order valence-corrected chi connectivity index (χ1v) is 11.6. The molecule has 1 aliphatic heterocycles. The Bertz CT molecular complexity index is 1030. The molecule has 0 radical (unpaired) electrons. The maximum absolute atomic E-state index is 13.0. The van der Waals surface area contributed by atoms with Gasteiger partial charge in [0.25, 0.3) is 11.7 Å². The molecule has 1 unspecified atom stereocenters. The lowest BCUT2D eigenvalue weighted by molar-refractivity contribution is -0.139. The van der Waals surface area contributed by atoms with Crippen LogP contribution in [0, 0.1) is 6.92 Å². The molecule has 1 heterocycles. The number of unbranched alkanes of at least 4 members (excludes halogenated alkanes) is 2. The van der Waals surface area contributed by atoms with E-state index in [0.717, 1.165) is 36.1 Å². The van der Waals surface area contributed by atoms with Crippen LogP contribution < -0.4 is 9.47 Å². The molecule has 0 aromatic heterocycles. The Morgan fingerprint density at radius 1 is 1.03 bits per heavy atom. The minimum Gasteiger partial charge on any atom is -0.507 e. The number of nitrogens with zero attached hydrogens (tertiary/aromatic N) is 1. The van der Waals surface area contributed by atoms with Crippen LogP contribution in [0.25, 0.3) is 5.76 Å². The van der Waals surface area contributed by atoms with Gasteiger partial charge in [0.1, 0.15) is 17.3 Å². The molecule has 33 heavy (non-hydrogen) atoms. The molecule has 1 saturated heterocycles. The van der Waals surface area contributed by atoms with E-state index in [-0.39, 0.29) is 11.3 Å². The van der Waals surface area contributed by atoms with Crippen molar-refractivity contribution in [1.82, 2.24) is 4.90 Å². The molecular weight excluding hydrogens is 418 g/mol. The molecule has 1 atom stereocenters. The summed E-state index contributed by atoms with van der Waals surface area (Å²) < 4.78 is 11.1. The van der Waals surface area contributed by atoms with Gasteiger partial charge in [0, 0.05) is 12.1 Å². The van der Waals surface area contributed by atoms with Crippen LogP contribution in [0.4, 0.5) is 0 Å². The van der Waals surface area contributed by atoms with Gasteiger partial charge in [-0.1, -0.05) is 38.8 Å². The second-order valence-corrected chi connectivity index (χ2v) is 8.30. The van der Waals surface area contributed by atoms with Crippen molar-refractivity contribution in [2.75, 3.05) is 20.3 Å². The first-order chi connectivity index (χ1) is 15.9. The van der Waals surface area contributed by atoms with Crippen LogP contribution in [-0.4, -0.2) is 42.0 Å². The number of ketones is 1. The Morgan fingerprint density at radius 3 is 2.36 bits per heavy atom. The number of aryl methyl sites for hydroxylation is 1. The summed E-state index contributed by atoms with van der Waals surface area (Å²) in [7, 11) is 1.58. The maximum Gasteiger partial charge on any atom is 0.295 e. The third-order valence-corrected chi connectivity index (χ3v) is 5.89. The molecule has 6 nitrogen and oxygen atoms in total. The lowest BCUT2D eigenvalue weighted by Crippen LogP contribution is -2.30. The molecule has 176 valence electrons. The average Bonchev–Trinajstić information content (AvgIpc) is 3.07. The van der Waals surface area contributed by atoms with Gasteiger partial charge in [-0.15, -0.1) is 0 Å². The monoisotopic (exact) mass is 451 g/mol. The van der Waals surface area contributed by atoms with Crippen molar-refractivity contribution in [3.05, 3.63) is 64.7 Å². The SMILES string of the molecule is CCCCCOc1ccc(C2/C(=C(/O)c3ccc(OC)c(C)c3)C(=O)C(=O)N2CCC)cc1. The Balaban J connectivity index is 1.99. The smallest absolute Gasteiger partial charge is 0.295 e. The number of rotatable bonds is 10. The van der Waals surface area contributed by atoms with Gasteiger partial charge in [0.05, 0.1) is 25.3 Å². The number of hydrogen-bond acceptors (Lipinski definition) is 5. The topological polar surface area (TPSA) is 76.1 Å². The van der Waals surface area contributed by atoms with Crippen molar-refractivity contribution < 1.29 is 24.2 Å². The second kappa shape index (κ2) is 11.0. The van der Waals surface area contributed by atoms with Crippen molar-refractivity contribution >= 4 is 17.4 Å². The summed E-state index contributed by atoms with van der Waals surface area (Å²) in [5.74, 6) is -0.00688. The van der Waals surface area contributed by atoms with Gasteiger partial charge in [0.15, 0.2) is 0 Å². The summed E-state index contributed by atoms with van der Waals surface area (Å²) in [5, 5.41) is 11.1. The highest BCUT2D eigenvalue weighted by atomic mass is 16.5. The number of methoxy groups -OCH3 is 1. The minimum absolute atomic E-state index is 0.106. The first kappa shape index (κ1) is 24.4. The van der Waals surface area contributed by atoms with Crippen LogP contribution in [0.1, 0.15) is 62.3 Å². The Kier molecular flexibility index (Phi) is 8.15. The molecule has 0 saturated carbocycles. The molecule has 1 amide bonds. The molecule has 1 fully saturated rings. The highest BCUT2D eigenvalue weighted by Gasteiger charge is 2.45. The van der Waals surface area contributed by atoms with Crippen molar-refractivity contribution in [2.45, 2.75) is 52.5 Å². The van der Waals surface area contributed by atoms with Crippen LogP contribution >= 0.6 is 0 Å². The first-order valence-electron chi connectivity index (χ1n) is 11.6. The van der Waals surface area contributed by atoms with Crippen LogP contribution in [-0.2, 0) is 9.59 Å². The van der Waals surface area contributed by atoms with Gasteiger partial charge in [-0.3, -0.25) is 9.59 Å². The van der Waals surface area contributed by atoms with Crippen LogP contribution in [0.3, 0.4) is 0 Å². The van der Waals surface area contributed by atoms with E-state index >= 15 is 0 Å². The number of likely N-dealkylation sites (tertiary alicyclic amines) is 1. The average molecular weight is 452 g/mol. The van der Waals surface area contributed by atoms with E-state index < -0.39 is 17.7 Å². The fourth-order valence-electron chi connectivity index (χ4n) is 4.17. The number of carbonyl (C=O) groups excluding carboxylic acids is 2. The lowest BCUT2D eigenvalue weighted by atomic mass is 9.94. The molecule has 0 aliphatic carbocycles. The predicted molar refractivity (Wildman–Crippen MR) is 128 cm³/mol. The van der Waals surface area contributed by atoms with Gasteiger partial charge in [0.2, 0.25) is 0 Å². The van der Waals surface area contributed by atoms with Gasteiger partial charge in [-0.25, -0.2) is 0 Å². The second-order valence-electron chi connectivity index (χ2n) is 8.30. The zero-order valence-electron chi connectivity index (χ0n) is 19.9. The Hall–Kier alpha value is -3.28. The summed E-state index contributed by atoms with van der Waals surface area (Å²) in [6.45, 7) is 7.04. The third kappa shape index (κ3) is 5.21. The van der Waals surface area contributed by atoms with Gasteiger partial charge >= 0.3 is 0 Å². The number of ether oxygens (including phenoxy) is 2. The van der Waals surface area contributed by atoms with Crippen LogP contribution in [0.15, 0.2) is 48.0 Å². The highest BCUT2D eigenvalue weighted by Crippen LogP contribution is 2.40. The fourth-order valence-corrected chi connectivity index (χ4v) is 4.17. The summed E-state index contributed by atoms with van der Waals surface area (Å²) in [6, 6.07) is 12.0. The number of carbonyl (C=O) groups is 2. The zero-order valence-corrected chi connectivity index (χ0v) is 19.9. The van der Waals surface area contributed by atoms with E-state index in [1.165, 1.54) is 0 Å². The van der Waals surface area contributed by atoms with Crippen molar-refractivity contribution in [3.63, 3.8) is 0 Å². The number of hydrogen-bond donors (Lipinski definition) is 1. The van der Waals surface area contributed by atoms with E-state index in [9.17, 15) is 14.7 Å². The third-order valence-electron chi connectivity index (χ3n) is 5.89. The molecule has 3 rings (SSSR count). The van der Waals surface area contributed by atoms with E-state index in [2.05, 4.69) is 6.92 Å². The van der Waals surface area contributed by atoms with Crippen molar-refractivity contribution in [2.24, 2.45) is 0 Å². The molecule has 0 bridgehead atoms. The molecule has 0 spiro atoms. The van der Waals surface area contributed by atoms with Crippen molar-refractivity contribution in [1.29, 1.82) is 0 Å². The minimum atomic E-state index is -0.667. The normalized spacial score (nSPS) is 17.5. The quantitative estimate of drug-likeness (QED) is 0.226. The summed E-state index contributed by atoms with van der Waals surface area (Å²) in [4.78, 5) is 27.4. The number of aliphatic hydroxyl groups excluding tert-OH is 1. The molecule has 1 N–H and O–H groups in total. The molecular formula is C27H33NO5. The number of benzene rings is 2. The highest BCUT2D eigenvalue weighted by molar-refractivity contribution is 6.46. The van der Waals surface area contributed by atoms with Gasteiger partial charge in [-0.2, -0.15) is 0 Å². The largest absolute Gasteiger partial charge is 0.507 e. The van der Waals surface area contributed by atoms with E-state index in [1.807, 2.05) is 38.1 Å². The van der Waals surface area contributed by atoms with Crippen LogP contribution in [0.2, 0.25) is 0 Å². The fraction of sp³-hybridized carbons (Fsp3) is 0.407. The summed E-state index contributed by atoms with van der Waals surface area (Å²) in [5.41, 5.74) is 2.17. The van der Waals surface area contributed by atoms with E-state index in [0.29, 0.717) is 30.9 Å². The molecule has 2 aromatic rings. The Morgan fingerprint density at radius 2 is 1.76 bits per heavy atom. The lowest BCUT2D eigenvalue weighted by Gasteiger charge is -2.25.